The van der Waals surface area contributed by atoms with Crippen LogP contribution in [0.4, 0.5) is 21.7 Å². The Morgan fingerprint density at radius 2 is 1.96 bits per heavy atom. The van der Waals surface area contributed by atoms with E-state index in [1.54, 1.807) is 12.3 Å². The molecule has 1 aromatic carbocycles. The lowest BCUT2D eigenvalue weighted by atomic mass is 10.1. The quantitative estimate of drug-likeness (QED) is 0.704. The topological polar surface area (TPSA) is 66.0 Å². The Morgan fingerprint density at radius 3 is 2.74 bits per heavy atom. The van der Waals surface area contributed by atoms with Gasteiger partial charge in [0.25, 0.3) is 0 Å². The Balaban J connectivity index is 1.55. The van der Waals surface area contributed by atoms with Crippen molar-refractivity contribution < 1.29 is 4.39 Å². The maximum atomic E-state index is 13.3. The van der Waals surface area contributed by atoms with Crippen molar-refractivity contribution in [2.24, 2.45) is 0 Å². The van der Waals surface area contributed by atoms with Crippen LogP contribution in [0.1, 0.15) is 12.8 Å². The first-order valence-electron chi connectivity index (χ1n) is 8.86. The van der Waals surface area contributed by atoms with Gasteiger partial charge in [0.15, 0.2) is 0 Å². The number of anilines is 3. The molecule has 3 heterocycles. The highest BCUT2D eigenvalue weighted by atomic mass is 35.5. The molecule has 1 fully saturated rings. The van der Waals surface area contributed by atoms with Crippen LogP contribution in [0.3, 0.4) is 0 Å². The fourth-order valence-electron chi connectivity index (χ4n) is 3.20. The highest BCUT2D eigenvalue weighted by Gasteiger charge is 2.17. The molecule has 4 rings (SSSR count). The van der Waals surface area contributed by atoms with Crippen LogP contribution in [0.2, 0.25) is 5.02 Å². The van der Waals surface area contributed by atoms with Crippen molar-refractivity contribution in [2.75, 3.05) is 30.8 Å². The van der Waals surface area contributed by atoms with Crippen LogP contribution in [0, 0.1) is 5.82 Å². The summed E-state index contributed by atoms with van der Waals surface area (Å²) < 4.78 is 13.3. The number of nitrogens with zero attached hydrogens (tertiary/aromatic N) is 4. The van der Waals surface area contributed by atoms with Crippen molar-refractivity contribution in [1.29, 1.82) is 0 Å². The van der Waals surface area contributed by atoms with Crippen molar-refractivity contribution in [3.8, 4) is 0 Å². The van der Waals surface area contributed by atoms with Crippen LogP contribution >= 0.6 is 11.6 Å². The monoisotopic (exact) mass is 386 g/mol. The van der Waals surface area contributed by atoms with Gasteiger partial charge in [0.1, 0.15) is 23.8 Å². The average Bonchev–Trinajstić information content (AvgIpc) is 2.67. The van der Waals surface area contributed by atoms with E-state index < -0.39 is 5.82 Å². The maximum Gasteiger partial charge on any atom is 0.143 e. The smallest absolute Gasteiger partial charge is 0.143 e. The van der Waals surface area contributed by atoms with E-state index in [9.17, 15) is 4.39 Å². The van der Waals surface area contributed by atoms with E-state index in [1.807, 2.05) is 6.07 Å². The lowest BCUT2D eigenvalue weighted by Gasteiger charge is -2.29. The van der Waals surface area contributed by atoms with Gasteiger partial charge in [-0.3, -0.25) is 0 Å². The highest BCUT2D eigenvalue weighted by Crippen LogP contribution is 2.26. The average molecular weight is 387 g/mol. The van der Waals surface area contributed by atoms with E-state index in [4.69, 9.17) is 11.6 Å². The van der Waals surface area contributed by atoms with Gasteiger partial charge >= 0.3 is 0 Å². The lowest BCUT2D eigenvalue weighted by Crippen LogP contribution is -2.36. The number of pyridine rings is 1. The van der Waals surface area contributed by atoms with Crippen LogP contribution < -0.4 is 10.6 Å². The molecule has 0 amide bonds. The zero-order valence-electron chi connectivity index (χ0n) is 14.9. The molecule has 0 saturated carbocycles. The third kappa shape index (κ3) is 4.09. The predicted octanol–water partition coefficient (Wildman–Crippen LogP) is 4.07. The van der Waals surface area contributed by atoms with Gasteiger partial charge in [-0.1, -0.05) is 11.6 Å². The first-order valence-corrected chi connectivity index (χ1v) is 9.24. The Hall–Kier alpha value is -2.51. The van der Waals surface area contributed by atoms with Gasteiger partial charge in [0.05, 0.1) is 15.9 Å². The number of aromatic nitrogens is 3. The molecule has 0 spiro atoms. The predicted molar refractivity (Wildman–Crippen MR) is 106 cm³/mol. The van der Waals surface area contributed by atoms with Crippen molar-refractivity contribution in [2.45, 2.75) is 18.9 Å². The Labute approximate surface area is 161 Å². The van der Waals surface area contributed by atoms with Crippen LogP contribution in [0.25, 0.3) is 10.9 Å². The third-order valence-electron chi connectivity index (χ3n) is 4.77. The molecule has 1 saturated heterocycles. The Kier molecular flexibility index (Phi) is 5.05. The molecule has 27 heavy (non-hydrogen) atoms. The summed E-state index contributed by atoms with van der Waals surface area (Å²) in [6.07, 6.45) is 5.44. The maximum absolute atomic E-state index is 13.3. The molecular weight excluding hydrogens is 367 g/mol. The molecule has 140 valence electrons. The summed E-state index contributed by atoms with van der Waals surface area (Å²) >= 11 is 5.85. The van der Waals surface area contributed by atoms with E-state index >= 15 is 0 Å². The standard InChI is InChI=1S/C19H20ClFN6/c1-27-6-4-12(5-7-27)25-18-9-17-14(10-22-18)19(24-11-23-17)26-13-2-3-16(21)15(20)8-13/h2-3,8-12H,4-7H2,1H3,(H,22,25)(H,23,24,26). The first kappa shape index (κ1) is 17.9. The molecule has 0 radical (unpaired) electrons. The van der Waals surface area contributed by atoms with Crippen LogP contribution in [-0.4, -0.2) is 46.0 Å². The summed E-state index contributed by atoms with van der Waals surface area (Å²) in [4.78, 5) is 15.5. The molecule has 0 bridgehead atoms. The molecule has 1 aliphatic rings. The summed E-state index contributed by atoms with van der Waals surface area (Å²) in [5, 5.41) is 7.49. The number of rotatable bonds is 4. The largest absolute Gasteiger partial charge is 0.367 e. The van der Waals surface area contributed by atoms with E-state index in [0.29, 0.717) is 17.5 Å². The molecule has 6 nitrogen and oxygen atoms in total. The van der Waals surface area contributed by atoms with Gasteiger partial charge in [-0.2, -0.15) is 0 Å². The zero-order chi connectivity index (χ0) is 18.8. The normalized spacial score (nSPS) is 15.8. The van der Waals surface area contributed by atoms with Crippen molar-refractivity contribution >= 4 is 39.8 Å². The molecule has 1 aliphatic heterocycles. The van der Waals surface area contributed by atoms with Crippen LogP contribution in [0.15, 0.2) is 36.8 Å². The Bertz CT molecular complexity index is 958. The minimum Gasteiger partial charge on any atom is -0.367 e. The SMILES string of the molecule is CN1CCC(Nc2cc3ncnc(Nc4ccc(F)c(Cl)c4)c3cn2)CC1. The number of piperidine rings is 1. The number of halogens is 2. The summed E-state index contributed by atoms with van der Waals surface area (Å²) in [6, 6.07) is 6.80. The number of likely N-dealkylation sites (tertiary alicyclic amines) is 1. The molecule has 3 aromatic rings. The minimum atomic E-state index is -0.457. The molecular formula is C19H20ClFN6. The number of hydrogen-bond donors (Lipinski definition) is 2. The summed E-state index contributed by atoms with van der Waals surface area (Å²) in [5.74, 6) is 0.952. The summed E-state index contributed by atoms with van der Waals surface area (Å²) in [7, 11) is 2.14. The summed E-state index contributed by atoms with van der Waals surface area (Å²) in [5.41, 5.74) is 1.43. The van der Waals surface area contributed by atoms with Crippen molar-refractivity contribution in [3.63, 3.8) is 0 Å². The van der Waals surface area contributed by atoms with Crippen molar-refractivity contribution in [1.82, 2.24) is 19.9 Å². The van der Waals surface area contributed by atoms with E-state index in [1.165, 1.54) is 18.5 Å². The van der Waals surface area contributed by atoms with Gasteiger partial charge in [-0.25, -0.2) is 19.3 Å². The second-order valence-electron chi connectivity index (χ2n) is 6.78. The lowest BCUT2D eigenvalue weighted by molar-refractivity contribution is 0.263. The van der Waals surface area contributed by atoms with Gasteiger partial charge in [0, 0.05) is 24.0 Å². The minimum absolute atomic E-state index is 0.0566. The number of hydrogen-bond acceptors (Lipinski definition) is 6. The zero-order valence-corrected chi connectivity index (χ0v) is 15.7. The Morgan fingerprint density at radius 1 is 1.15 bits per heavy atom. The number of benzene rings is 1. The van der Waals surface area contributed by atoms with Crippen molar-refractivity contribution in [3.05, 3.63) is 47.6 Å². The molecule has 0 unspecified atom stereocenters. The third-order valence-corrected chi connectivity index (χ3v) is 5.06. The molecule has 0 aliphatic carbocycles. The molecule has 8 heteroatoms. The van der Waals surface area contributed by atoms with Gasteiger partial charge in [-0.05, 0) is 51.2 Å². The van der Waals surface area contributed by atoms with E-state index in [-0.39, 0.29) is 5.02 Å². The second kappa shape index (κ2) is 7.62. The summed E-state index contributed by atoms with van der Waals surface area (Å²) in [6.45, 7) is 2.17. The van der Waals surface area contributed by atoms with E-state index in [2.05, 4.69) is 37.5 Å². The number of nitrogens with one attached hydrogen (secondary N) is 2. The fraction of sp³-hybridized carbons (Fsp3) is 0.316. The van der Waals surface area contributed by atoms with E-state index in [0.717, 1.165) is 42.7 Å². The molecule has 2 aromatic heterocycles. The second-order valence-corrected chi connectivity index (χ2v) is 7.19. The molecule has 2 N–H and O–H groups in total. The fourth-order valence-corrected chi connectivity index (χ4v) is 3.38. The van der Waals surface area contributed by atoms with Gasteiger partial charge in [0.2, 0.25) is 0 Å². The molecule has 0 atom stereocenters. The number of fused-ring (bicyclic) bond motifs is 1. The van der Waals surface area contributed by atoms with Crippen LogP contribution in [0.5, 0.6) is 0 Å². The van der Waals surface area contributed by atoms with Gasteiger partial charge in [-0.15, -0.1) is 0 Å². The van der Waals surface area contributed by atoms with Gasteiger partial charge < -0.3 is 15.5 Å². The first-order chi connectivity index (χ1) is 13.1. The highest BCUT2D eigenvalue weighted by molar-refractivity contribution is 6.31. The van der Waals surface area contributed by atoms with Crippen LogP contribution in [-0.2, 0) is 0 Å².